The Morgan fingerprint density at radius 3 is 2.30 bits per heavy atom. The Morgan fingerprint density at radius 1 is 0.939 bits per heavy atom. The van der Waals surface area contributed by atoms with E-state index in [4.69, 9.17) is 19.4 Å². The Balaban J connectivity index is 1.66. The summed E-state index contributed by atoms with van der Waals surface area (Å²) >= 11 is 1.38. The number of hydrogen-bond acceptors (Lipinski definition) is 9. The molecule has 0 N–H and O–H groups in total. The molecule has 0 saturated carbocycles. The Morgan fingerprint density at radius 2 is 1.64 bits per heavy atom. The molecule has 4 rings (SSSR count). The fraction of sp³-hybridized carbons (Fsp3) is 0.652. The molecule has 9 nitrogen and oxygen atoms in total. The molecule has 0 atom stereocenters. The molecule has 0 bridgehead atoms. The van der Waals surface area contributed by atoms with E-state index in [2.05, 4.69) is 9.80 Å². The molecule has 2 aromatic rings. The minimum Gasteiger partial charge on any atom is -0.462 e. The lowest BCUT2D eigenvalue weighted by atomic mass is 10.1. The minimum absolute atomic E-state index is 0.271. The van der Waals surface area contributed by atoms with E-state index in [0.29, 0.717) is 50.8 Å². The number of rotatable bonds is 6. The molecule has 0 aliphatic carbocycles. The predicted octanol–water partition coefficient (Wildman–Crippen LogP) is 3.44. The van der Waals surface area contributed by atoms with Gasteiger partial charge in [-0.05, 0) is 52.3 Å². The molecule has 1 amide bonds. The number of thiophene rings is 1. The maximum Gasteiger partial charge on any atom is 0.409 e. The van der Waals surface area contributed by atoms with Gasteiger partial charge in [0.25, 0.3) is 0 Å². The number of fused-ring (bicyclic) bond motifs is 1. The molecule has 2 aromatic heterocycles. The molecule has 2 aliphatic heterocycles. The van der Waals surface area contributed by atoms with E-state index < -0.39 is 0 Å². The summed E-state index contributed by atoms with van der Waals surface area (Å²) < 4.78 is 10.4. The van der Waals surface area contributed by atoms with Crippen LogP contribution in [-0.4, -0.2) is 84.3 Å². The summed E-state index contributed by atoms with van der Waals surface area (Å²) in [7, 11) is 0. The number of carbonyl (C=O) groups is 2. The van der Waals surface area contributed by atoms with Crippen LogP contribution in [0, 0.1) is 6.92 Å². The van der Waals surface area contributed by atoms with Crippen molar-refractivity contribution in [2.75, 3.05) is 57.4 Å². The zero-order chi connectivity index (χ0) is 23.4. The van der Waals surface area contributed by atoms with Crippen molar-refractivity contribution >= 4 is 39.4 Å². The molecule has 4 heterocycles. The molecule has 180 valence electrons. The highest BCUT2D eigenvalue weighted by molar-refractivity contribution is 7.20. The van der Waals surface area contributed by atoms with Crippen molar-refractivity contribution < 1.29 is 19.1 Å². The lowest BCUT2D eigenvalue weighted by Crippen LogP contribution is -2.49. The van der Waals surface area contributed by atoms with E-state index in [1.54, 1.807) is 4.90 Å². The Bertz CT molecular complexity index is 996. The smallest absolute Gasteiger partial charge is 0.409 e. The summed E-state index contributed by atoms with van der Waals surface area (Å²) in [5, 5.41) is 0.912. The first kappa shape index (κ1) is 23.7. The number of amides is 1. The van der Waals surface area contributed by atoms with Gasteiger partial charge in [0.05, 0.1) is 25.1 Å². The molecule has 0 aromatic carbocycles. The van der Waals surface area contributed by atoms with Crippen LogP contribution in [0.4, 0.5) is 10.6 Å². The second-order valence-electron chi connectivity index (χ2n) is 8.43. The number of anilines is 1. The summed E-state index contributed by atoms with van der Waals surface area (Å²) in [5.41, 5.74) is 0.862. The summed E-state index contributed by atoms with van der Waals surface area (Å²) in [6.07, 6.45) is 3.41. The second kappa shape index (κ2) is 10.6. The van der Waals surface area contributed by atoms with Gasteiger partial charge >= 0.3 is 12.1 Å². The first-order valence-electron chi connectivity index (χ1n) is 11.9. The van der Waals surface area contributed by atoms with E-state index in [-0.39, 0.29) is 12.1 Å². The second-order valence-corrected chi connectivity index (χ2v) is 9.43. The maximum absolute atomic E-state index is 12.6. The Hall–Kier alpha value is -2.46. The first-order valence-corrected chi connectivity index (χ1v) is 12.7. The van der Waals surface area contributed by atoms with Crippen molar-refractivity contribution in [3.63, 3.8) is 0 Å². The van der Waals surface area contributed by atoms with Crippen molar-refractivity contribution in [2.24, 2.45) is 0 Å². The number of carbonyl (C=O) groups excluding carboxylic acids is 2. The average molecular weight is 476 g/mol. The summed E-state index contributed by atoms with van der Waals surface area (Å²) in [6.45, 7) is 11.5. The van der Waals surface area contributed by atoms with Gasteiger partial charge in [0.2, 0.25) is 0 Å². The van der Waals surface area contributed by atoms with E-state index >= 15 is 0 Å². The molecule has 0 spiro atoms. The number of aromatic nitrogens is 2. The van der Waals surface area contributed by atoms with E-state index in [0.717, 1.165) is 40.5 Å². The number of piperazine rings is 1. The number of hydrogen-bond donors (Lipinski definition) is 0. The van der Waals surface area contributed by atoms with Gasteiger partial charge in [-0.2, -0.15) is 0 Å². The SMILES string of the molecule is CCOC(=O)c1sc2nc(CN3CCCCC3)nc(N3CCN(C(=O)OCC)CC3)c2c1C. The minimum atomic E-state index is -0.311. The third-order valence-corrected chi connectivity index (χ3v) is 7.36. The van der Waals surface area contributed by atoms with Crippen LogP contribution in [0.3, 0.4) is 0 Å². The fourth-order valence-electron chi connectivity index (χ4n) is 4.48. The molecule has 0 radical (unpaired) electrons. The van der Waals surface area contributed by atoms with Gasteiger partial charge in [-0.15, -0.1) is 11.3 Å². The molecule has 33 heavy (non-hydrogen) atoms. The highest BCUT2D eigenvalue weighted by Crippen LogP contribution is 2.36. The highest BCUT2D eigenvalue weighted by Gasteiger charge is 2.28. The number of nitrogens with zero attached hydrogens (tertiary/aromatic N) is 5. The Kier molecular flexibility index (Phi) is 7.64. The van der Waals surface area contributed by atoms with Gasteiger partial charge in [0.1, 0.15) is 21.3 Å². The zero-order valence-corrected chi connectivity index (χ0v) is 20.6. The van der Waals surface area contributed by atoms with Crippen LogP contribution in [-0.2, 0) is 16.0 Å². The van der Waals surface area contributed by atoms with Gasteiger partial charge in [0.15, 0.2) is 0 Å². The number of likely N-dealkylation sites (tertiary alicyclic amines) is 1. The zero-order valence-electron chi connectivity index (χ0n) is 19.8. The van der Waals surface area contributed by atoms with E-state index in [1.165, 1.54) is 30.6 Å². The first-order chi connectivity index (χ1) is 16.0. The van der Waals surface area contributed by atoms with Crippen LogP contribution < -0.4 is 4.90 Å². The summed E-state index contributed by atoms with van der Waals surface area (Å²) in [4.78, 5) is 42.3. The summed E-state index contributed by atoms with van der Waals surface area (Å²) in [6, 6.07) is 0. The van der Waals surface area contributed by atoms with Crippen molar-refractivity contribution in [3.05, 3.63) is 16.3 Å². The van der Waals surface area contributed by atoms with Crippen LogP contribution in [0.25, 0.3) is 10.2 Å². The molecule has 2 fully saturated rings. The third kappa shape index (κ3) is 5.22. The largest absolute Gasteiger partial charge is 0.462 e. The van der Waals surface area contributed by atoms with E-state index in [9.17, 15) is 9.59 Å². The fourth-order valence-corrected chi connectivity index (χ4v) is 5.57. The van der Waals surface area contributed by atoms with Gasteiger partial charge in [-0.3, -0.25) is 4.90 Å². The van der Waals surface area contributed by atoms with Crippen molar-refractivity contribution in [2.45, 2.75) is 46.6 Å². The quantitative estimate of drug-likeness (QED) is 0.587. The topological polar surface area (TPSA) is 88.1 Å². The lowest BCUT2D eigenvalue weighted by molar-refractivity contribution is 0.0531. The monoisotopic (exact) mass is 475 g/mol. The molecule has 10 heteroatoms. The molecular weight excluding hydrogens is 442 g/mol. The van der Waals surface area contributed by atoms with Crippen LogP contribution in [0.1, 0.15) is 54.2 Å². The lowest BCUT2D eigenvalue weighted by Gasteiger charge is -2.35. The normalized spacial score (nSPS) is 17.4. The van der Waals surface area contributed by atoms with Crippen molar-refractivity contribution in [3.8, 4) is 0 Å². The van der Waals surface area contributed by atoms with Crippen LogP contribution >= 0.6 is 11.3 Å². The van der Waals surface area contributed by atoms with Crippen molar-refractivity contribution in [1.82, 2.24) is 19.8 Å². The molecule has 0 unspecified atom stereocenters. The Labute approximate surface area is 198 Å². The maximum atomic E-state index is 12.6. The van der Waals surface area contributed by atoms with Gasteiger partial charge < -0.3 is 19.3 Å². The molecule has 2 saturated heterocycles. The summed E-state index contributed by atoms with van der Waals surface area (Å²) in [5.74, 6) is 1.32. The number of aryl methyl sites for hydroxylation is 1. The van der Waals surface area contributed by atoms with Gasteiger partial charge in [-0.1, -0.05) is 6.42 Å². The molecule has 2 aliphatic rings. The van der Waals surface area contributed by atoms with Crippen LogP contribution in [0.2, 0.25) is 0 Å². The van der Waals surface area contributed by atoms with Crippen molar-refractivity contribution in [1.29, 1.82) is 0 Å². The molecular formula is C23H33N5O4S. The number of piperidine rings is 1. The standard InChI is InChI=1S/C23H33N5O4S/c1-4-31-22(29)19-16(3)18-20(27-11-13-28(14-12-27)23(30)32-5-2)24-17(25-21(18)33-19)15-26-9-7-6-8-10-26/h4-15H2,1-3H3. The third-order valence-electron chi connectivity index (χ3n) is 6.20. The number of ether oxygens (including phenoxy) is 2. The number of esters is 1. The van der Waals surface area contributed by atoms with E-state index in [1.807, 2.05) is 20.8 Å². The predicted molar refractivity (Wildman–Crippen MR) is 128 cm³/mol. The highest BCUT2D eigenvalue weighted by atomic mass is 32.1. The van der Waals surface area contributed by atoms with Crippen LogP contribution in [0.15, 0.2) is 0 Å². The van der Waals surface area contributed by atoms with Gasteiger partial charge in [0, 0.05) is 26.2 Å². The average Bonchev–Trinajstić information content (AvgIpc) is 3.16. The van der Waals surface area contributed by atoms with Crippen LogP contribution in [0.5, 0.6) is 0 Å². The van der Waals surface area contributed by atoms with Gasteiger partial charge in [-0.25, -0.2) is 19.6 Å².